The number of carbonyl (C=O) groups is 1. The van der Waals surface area contributed by atoms with Crippen molar-refractivity contribution in [2.24, 2.45) is 5.73 Å². The maximum Gasteiger partial charge on any atom is 0.242 e. The molecule has 0 spiro atoms. The van der Waals surface area contributed by atoms with Crippen molar-refractivity contribution < 1.29 is 13.2 Å². The van der Waals surface area contributed by atoms with Gasteiger partial charge in [0, 0.05) is 12.6 Å². The largest absolute Gasteiger partial charge is 0.337 e. The van der Waals surface area contributed by atoms with Crippen LogP contribution in [0.3, 0.4) is 0 Å². The van der Waals surface area contributed by atoms with Crippen molar-refractivity contribution in [2.75, 3.05) is 18.1 Å². The summed E-state index contributed by atoms with van der Waals surface area (Å²) < 4.78 is 23.0. The molecule has 6 heteroatoms. The van der Waals surface area contributed by atoms with E-state index in [9.17, 15) is 13.2 Å². The molecule has 18 heavy (non-hydrogen) atoms. The van der Waals surface area contributed by atoms with Gasteiger partial charge in [0.1, 0.15) is 0 Å². The summed E-state index contributed by atoms with van der Waals surface area (Å²) in [7, 11) is -2.96. The monoisotopic (exact) mass is 274 g/mol. The molecule has 1 saturated heterocycles. The van der Waals surface area contributed by atoms with Gasteiger partial charge in [0.25, 0.3) is 0 Å². The van der Waals surface area contributed by atoms with Crippen LogP contribution in [0.4, 0.5) is 0 Å². The number of amides is 1. The summed E-state index contributed by atoms with van der Waals surface area (Å²) in [4.78, 5) is 14.2. The molecule has 2 aliphatic rings. The van der Waals surface area contributed by atoms with Gasteiger partial charge in [-0.15, -0.1) is 0 Å². The first-order valence-corrected chi connectivity index (χ1v) is 8.50. The highest BCUT2D eigenvalue weighted by molar-refractivity contribution is 7.91. The van der Waals surface area contributed by atoms with Crippen LogP contribution in [0.15, 0.2) is 0 Å². The normalized spacial score (nSPS) is 29.3. The Hall–Kier alpha value is -0.620. The first-order chi connectivity index (χ1) is 8.38. The SMILES string of the molecule is CCN(C(=O)C1(N)CCCC1)C1CCS(=O)(=O)C1. The van der Waals surface area contributed by atoms with Gasteiger partial charge >= 0.3 is 0 Å². The van der Waals surface area contributed by atoms with Gasteiger partial charge in [-0.05, 0) is 26.2 Å². The van der Waals surface area contributed by atoms with Gasteiger partial charge in [0.05, 0.1) is 17.0 Å². The third-order valence-electron chi connectivity index (χ3n) is 4.17. The number of sulfone groups is 1. The zero-order chi connectivity index (χ0) is 13.4. The zero-order valence-corrected chi connectivity index (χ0v) is 11.7. The average molecular weight is 274 g/mol. The Morgan fingerprint density at radius 1 is 1.39 bits per heavy atom. The quantitative estimate of drug-likeness (QED) is 0.802. The van der Waals surface area contributed by atoms with E-state index in [2.05, 4.69) is 0 Å². The number of rotatable bonds is 3. The molecule has 0 radical (unpaired) electrons. The molecule has 1 aliphatic heterocycles. The molecular weight excluding hydrogens is 252 g/mol. The molecule has 1 atom stereocenters. The number of hydrogen-bond acceptors (Lipinski definition) is 4. The highest BCUT2D eigenvalue weighted by Crippen LogP contribution is 2.30. The second-order valence-electron chi connectivity index (χ2n) is 5.51. The summed E-state index contributed by atoms with van der Waals surface area (Å²) >= 11 is 0. The van der Waals surface area contributed by atoms with Crippen molar-refractivity contribution in [3.05, 3.63) is 0 Å². The Morgan fingerprint density at radius 2 is 2.00 bits per heavy atom. The lowest BCUT2D eigenvalue weighted by atomic mass is 9.96. The van der Waals surface area contributed by atoms with E-state index in [-0.39, 0.29) is 23.5 Å². The van der Waals surface area contributed by atoms with Gasteiger partial charge in [-0.1, -0.05) is 12.8 Å². The molecule has 2 fully saturated rings. The highest BCUT2D eigenvalue weighted by Gasteiger charge is 2.43. The summed E-state index contributed by atoms with van der Waals surface area (Å²) in [6.07, 6.45) is 3.98. The number of nitrogens with zero attached hydrogens (tertiary/aromatic N) is 1. The topological polar surface area (TPSA) is 80.5 Å². The minimum Gasteiger partial charge on any atom is -0.337 e. The molecule has 0 aromatic carbocycles. The van der Waals surface area contributed by atoms with Crippen LogP contribution in [0, 0.1) is 0 Å². The zero-order valence-electron chi connectivity index (χ0n) is 10.9. The van der Waals surface area contributed by atoms with Crippen LogP contribution in [-0.2, 0) is 14.6 Å². The summed E-state index contributed by atoms with van der Waals surface area (Å²) in [5.41, 5.74) is 5.43. The summed E-state index contributed by atoms with van der Waals surface area (Å²) in [6.45, 7) is 2.43. The molecule has 2 rings (SSSR count). The van der Waals surface area contributed by atoms with E-state index in [1.807, 2.05) is 6.92 Å². The third kappa shape index (κ3) is 2.54. The summed E-state index contributed by atoms with van der Waals surface area (Å²) in [5.74, 6) is 0.242. The predicted octanol–water partition coefficient (Wildman–Crippen LogP) is 0.293. The summed E-state index contributed by atoms with van der Waals surface area (Å²) in [6, 6.07) is -0.173. The van der Waals surface area contributed by atoms with Gasteiger partial charge in [-0.2, -0.15) is 0 Å². The van der Waals surface area contributed by atoms with Crippen molar-refractivity contribution in [2.45, 2.75) is 50.6 Å². The van der Waals surface area contributed by atoms with E-state index >= 15 is 0 Å². The van der Waals surface area contributed by atoms with E-state index < -0.39 is 15.4 Å². The molecule has 2 N–H and O–H groups in total. The maximum absolute atomic E-state index is 12.5. The fourth-order valence-electron chi connectivity index (χ4n) is 3.09. The van der Waals surface area contributed by atoms with E-state index in [4.69, 9.17) is 5.73 Å². The van der Waals surface area contributed by atoms with Gasteiger partial charge in [-0.25, -0.2) is 8.42 Å². The first kappa shape index (κ1) is 13.8. The first-order valence-electron chi connectivity index (χ1n) is 6.68. The number of hydrogen-bond donors (Lipinski definition) is 1. The van der Waals surface area contributed by atoms with Gasteiger partial charge in [0.2, 0.25) is 5.91 Å². The maximum atomic E-state index is 12.5. The predicted molar refractivity (Wildman–Crippen MR) is 69.8 cm³/mol. The highest BCUT2D eigenvalue weighted by atomic mass is 32.2. The third-order valence-corrected chi connectivity index (χ3v) is 5.92. The number of carbonyl (C=O) groups excluding carboxylic acids is 1. The molecule has 0 aromatic heterocycles. The standard InChI is InChI=1S/C12H22N2O3S/c1-2-14(10-5-8-18(16,17)9-10)11(15)12(13)6-3-4-7-12/h10H,2-9,13H2,1H3. The molecule has 1 saturated carbocycles. The fourth-order valence-corrected chi connectivity index (χ4v) is 4.83. The smallest absolute Gasteiger partial charge is 0.242 e. The van der Waals surface area contributed by atoms with Crippen LogP contribution >= 0.6 is 0 Å². The van der Waals surface area contributed by atoms with Gasteiger partial charge in [0.15, 0.2) is 9.84 Å². The number of likely N-dealkylation sites (N-methyl/N-ethyl adjacent to an activating group) is 1. The minimum atomic E-state index is -2.96. The van der Waals surface area contributed by atoms with Crippen LogP contribution in [0.2, 0.25) is 0 Å². The lowest BCUT2D eigenvalue weighted by Gasteiger charge is -2.34. The minimum absolute atomic E-state index is 0.0513. The van der Waals surface area contributed by atoms with E-state index in [0.29, 0.717) is 13.0 Å². The van der Waals surface area contributed by atoms with Gasteiger partial charge < -0.3 is 10.6 Å². The van der Waals surface area contributed by atoms with Crippen LogP contribution in [0.1, 0.15) is 39.0 Å². The van der Waals surface area contributed by atoms with Crippen LogP contribution in [0.5, 0.6) is 0 Å². The van der Waals surface area contributed by atoms with Crippen molar-refractivity contribution in [1.82, 2.24) is 4.90 Å². The Labute approximate surface area is 109 Å². The van der Waals surface area contributed by atoms with Crippen molar-refractivity contribution >= 4 is 15.7 Å². The van der Waals surface area contributed by atoms with Crippen LogP contribution < -0.4 is 5.73 Å². The Morgan fingerprint density at radius 3 is 2.44 bits per heavy atom. The van der Waals surface area contributed by atoms with Crippen LogP contribution in [0.25, 0.3) is 0 Å². The van der Waals surface area contributed by atoms with E-state index in [0.717, 1.165) is 25.7 Å². The molecule has 104 valence electrons. The second kappa shape index (κ2) is 4.81. The van der Waals surface area contributed by atoms with E-state index in [1.54, 1.807) is 4.90 Å². The molecule has 0 bridgehead atoms. The molecular formula is C12H22N2O3S. The molecule has 5 nitrogen and oxygen atoms in total. The summed E-state index contributed by atoms with van der Waals surface area (Å²) in [5, 5.41) is 0. The molecule has 0 aromatic rings. The van der Waals surface area contributed by atoms with Crippen molar-refractivity contribution in [3.8, 4) is 0 Å². The van der Waals surface area contributed by atoms with Crippen molar-refractivity contribution in [3.63, 3.8) is 0 Å². The molecule has 1 unspecified atom stereocenters. The molecule has 1 aliphatic carbocycles. The Kier molecular flexibility index (Phi) is 3.69. The van der Waals surface area contributed by atoms with Gasteiger partial charge in [-0.3, -0.25) is 4.79 Å². The second-order valence-corrected chi connectivity index (χ2v) is 7.74. The lowest BCUT2D eigenvalue weighted by Crippen LogP contribution is -2.56. The Balaban J connectivity index is 2.12. The van der Waals surface area contributed by atoms with Crippen LogP contribution in [-0.4, -0.2) is 48.9 Å². The van der Waals surface area contributed by atoms with E-state index in [1.165, 1.54) is 0 Å². The average Bonchev–Trinajstić information content (AvgIpc) is 2.87. The van der Waals surface area contributed by atoms with Crippen molar-refractivity contribution in [1.29, 1.82) is 0 Å². The fraction of sp³-hybridized carbons (Fsp3) is 0.917. The Bertz CT molecular complexity index is 427. The number of nitrogens with two attached hydrogens (primary N) is 1. The molecule has 1 amide bonds. The lowest BCUT2D eigenvalue weighted by molar-refractivity contribution is -0.138. The molecule has 1 heterocycles.